The maximum atomic E-state index is 11.9. The Balaban J connectivity index is 2.07. The normalized spacial score (nSPS) is 21.7. The highest BCUT2D eigenvalue weighted by Crippen LogP contribution is 2.31. The molecule has 0 bridgehead atoms. The third kappa shape index (κ3) is 3.44. The van der Waals surface area contributed by atoms with Crippen LogP contribution in [0.3, 0.4) is 0 Å². The zero-order valence-electron chi connectivity index (χ0n) is 12.3. The van der Waals surface area contributed by atoms with E-state index >= 15 is 0 Å². The van der Waals surface area contributed by atoms with Crippen LogP contribution in [-0.2, 0) is 4.74 Å². The number of nitrogens with two attached hydrogens (primary N) is 1. The van der Waals surface area contributed by atoms with Crippen molar-refractivity contribution < 1.29 is 9.53 Å². The third-order valence-corrected chi connectivity index (χ3v) is 3.96. The van der Waals surface area contributed by atoms with Gasteiger partial charge in [-0.15, -0.1) is 0 Å². The maximum Gasteiger partial charge on any atom is 0.340 e. The lowest BCUT2D eigenvalue weighted by Gasteiger charge is -2.16. The Kier molecular flexibility index (Phi) is 4.88. The molecule has 110 valence electrons. The van der Waals surface area contributed by atoms with Crippen molar-refractivity contribution in [1.82, 2.24) is 0 Å². The number of nitrogens with one attached hydrogen (secondary N) is 1. The van der Waals surface area contributed by atoms with Crippen LogP contribution in [-0.4, -0.2) is 19.1 Å². The number of hydrogen-bond donors (Lipinski definition) is 2. The van der Waals surface area contributed by atoms with Gasteiger partial charge in [0.05, 0.1) is 23.5 Å². The molecule has 20 heavy (non-hydrogen) atoms. The van der Waals surface area contributed by atoms with E-state index < -0.39 is 0 Å². The summed E-state index contributed by atoms with van der Waals surface area (Å²) < 4.78 is 5.08. The molecule has 0 amide bonds. The summed E-state index contributed by atoms with van der Waals surface area (Å²) in [5.41, 5.74) is 7.84. The molecule has 4 nitrogen and oxygen atoms in total. The van der Waals surface area contributed by atoms with Gasteiger partial charge >= 0.3 is 5.97 Å². The second-order valence-corrected chi connectivity index (χ2v) is 5.66. The first kappa shape index (κ1) is 14.7. The summed E-state index contributed by atoms with van der Waals surface area (Å²) in [4.78, 5) is 11.9. The smallest absolute Gasteiger partial charge is 0.340 e. The number of anilines is 2. The molecule has 4 heteroatoms. The molecule has 0 aromatic heterocycles. The second kappa shape index (κ2) is 6.64. The van der Waals surface area contributed by atoms with Gasteiger partial charge in [0.1, 0.15) is 0 Å². The topological polar surface area (TPSA) is 64.3 Å². The summed E-state index contributed by atoms with van der Waals surface area (Å²) in [6, 6.07) is 5.35. The molecule has 1 aromatic carbocycles. The Bertz CT molecular complexity index is 474. The Hall–Kier alpha value is -1.71. The zero-order valence-corrected chi connectivity index (χ0v) is 12.3. The van der Waals surface area contributed by atoms with Gasteiger partial charge in [-0.2, -0.15) is 0 Å². The fraction of sp³-hybridized carbons (Fsp3) is 0.562. The van der Waals surface area contributed by atoms with Crippen molar-refractivity contribution in [3.05, 3.63) is 23.8 Å². The summed E-state index contributed by atoms with van der Waals surface area (Å²) in [7, 11) is 0. The Morgan fingerprint density at radius 2 is 2.25 bits per heavy atom. The summed E-state index contributed by atoms with van der Waals surface area (Å²) >= 11 is 0. The number of para-hydroxylation sites is 1. The first-order chi connectivity index (χ1) is 9.61. The lowest BCUT2D eigenvalue weighted by Crippen LogP contribution is -2.16. The number of ether oxygens (including phenoxy) is 1. The summed E-state index contributed by atoms with van der Waals surface area (Å²) in [5, 5.41) is 3.36. The zero-order chi connectivity index (χ0) is 14.5. The Morgan fingerprint density at radius 3 is 2.90 bits per heavy atom. The van der Waals surface area contributed by atoms with Crippen LogP contribution < -0.4 is 11.1 Å². The maximum absolute atomic E-state index is 11.9. The lowest BCUT2D eigenvalue weighted by molar-refractivity contribution is 0.0527. The molecule has 3 N–H and O–H groups in total. The molecule has 2 unspecified atom stereocenters. The van der Waals surface area contributed by atoms with Crippen molar-refractivity contribution in [2.24, 2.45) is 11.8 Å². The van der Waals surface area contributed by atoms with E-state index in [1.165, 1.54) is 19.3 Å². The van der Waals surface area contributed by atoms with E-state index in [0.717, 1.165) is 12.5 Å². The highest BCUT2D eigenvalue weighted by molar-refractivity contribution is 5.98. The van der Waals surface area contributed by atoms with Gasteiger partial charge in [0.15, 0.2) is 0 Å². The Labute approximate surface area is 120 Å². The minimum atomic E-state index is -0.318. The fourth-order valence-corrected chi connectivity index (χ4v) is 2.90. The van der Waals surface area contributed by atoms with Crippen LogP contribution in [0.2, 0.25) is 0 Å². The summed E-state index contributed by atoms with van der Waals surface area (Å²) in [6.07, 6.45) is 3.78. The number of rotatable bonds is 5. The molecule has 1 aliphatic carbocycles. The van der Waals surface area contributed by atoms with Crippen molar-refractivity contribution >= 4 is 17.3 Å². The molecular formula is C16H24N2O2. The molecule has 0 spiro atoms. The molecule has 2 rings (SSSR count). The second-order valence-electron chi connectivity index (χ2n) is 5.66. The predicted octanol–water partition coefficient (Wildman–Crippen LogP) is 3.29. The summed E-state index contributed by atoms with van der Waals surface area (Å²) in [6.45, 7) is 5.33. The van der Waals surface area contributed by atoms with Gasteiger partial charge in [0, 0.05) is 6.54 Å². The summed E-state index contributed by atoms with van der Waals surface area (Å²) in [5.74, 6) is 1.15. The number of esters is 1. The molecule has 1 aromatic rings. The van der Waals surface area contributed by atoms with Crippen LogP contribution in [0.1, 0.15) is 43.5 Å². The van der Waals surface area contributed by atoms with Gasteiger partial charge in [-0.05, 0) is 43.7 Å². The minimum absolute atomic E-state index is 0.318. The highest BCUT2D eigenvalue weighted by atomic mass is 16.5. The van der Waals surface area contributed by atoms with Crippen LogP contribution in [0, 0.1) is 11.8 Å². The SMILES string of the molecule is CCOC(=O)c1cccc(N)c1NCC1CCC(C)C1. The third-order valence-electron chi connectivity index (χ3n) is 3.96. The monoisotopic (exact) mass is 276 g/mol. The van der Waals surface area contributed by atoms with Crippen molar-refractivity contribution in [1.29, 1.82) is 0 Å². The molecular weight excluding hydrogens is 252 g/mol. The number of hydrogen-bond acceptors (Lipinski definition) is 4. The van der Waals surface area contributed by atoms with Crippen molar-refractivity contribution in [3.8, 4) is 0 Å². The highest BCUT2D eigenvalue weighted by Gasteiger charge is 2.22. The van der Waals surface area contributed by atoms with Crippen molar-refractivity contribution in [3.63, 3.8) is 0 Å². The van der Waals surface area contributed by atoms with Gasteiger partial charge in [0.25, 0.3) is 0 Å². The predicted molar refractivity (Wildman–Crippen MR) is 81.8 cm³/mol. The van der Waals surface area contributed by atoms with Crippen LogP contribution in [0.5, 0.6) is 0 Å². The molecule has 0 aliphatic heterocycles. The number of benzene rings is 1. The molecule has 0 saturated heterocycles. The van der Waals surface area contributed by atoms with Gasteiger partial charge in [-0.25, -0.2) is 4.79 Å². The standard InChI is InChI=1S/C16H24N2O2/c1-3-20-16(19)13-5-4-6-14(17)15(13)18-10-12-8-7-11(2)9-12/h4-6,11-12,18H,3,7-10,17H2,1-2H3. The molecule has 1 saturated carbocycles. The lowest BCUT2D eigenvalue weighted by atomic mass is 10.1. The number of carbonyl (C=O) groups is 1. The molecule has 0 radical (unpaired) electrons. The molecule has 1 aliphatic rings. The first-order valence-electron chi connectivity index (χ1n) is 7.41. The average Bonchev–Trinajstić information content (AvgIpc) is 2.83. The van der Waals surface area contributed by atoms with E-state index in [9.17, 15) is 4.79 Å². The van der Waals surface area contributed by atoms with Crippen LogP contribution in [0.15, 0.2) is 18.2 Å². The minimum Gasteiger partial charge on any atom is -0.462 e. The van der Waals surface area contributed by atoms with E-state index in [-0.39, 0.29) is 5.97 Å². The van der Waals surface area contributed by atoms with E-state index in [0.29, 0.717) is 29.5 Å². The van der Waals surface area contributed by atoms with E-state index in [4.69, 9.17) is 10.5 Å². The first-order valence-corrected chi connectivity index (χ1v) is 7.41. The van der Waals surface area contributed by atoms with E-state index in [1.807, 2.05) is 6.07 Å². The van der Waals surface area contributed by atoms with Gasteiger partial charge < -0.3 is 15.8 Å². The molecule has 2 atom stereocenters. The van der Waals surface area contributed by atoms with E-state index in [1.54, 1.807) is 19.1 Å². The van der Waals surface area contributed by atoms with Crippen LogP contribution >= 0.6 is 0 Å². The molecule has 0 heterocycles. The van der Waals surface area contributed by atoms with Crippen molar-refractivity contribution in [2.75, 3.05) is 24.2 Å². The average molecular weight is 276 g/mol. The van der Waals surface area contributed by atoms with Crippen molar-refractivity contribution in [2.45, 2.75) is 33.1 Å². The quantitative estimate of drug-likeness (QED) is 0.640. The van der Waals surface area contributed by atoms with Crippen LogP contribution in [0.25, 0.3) is 0 Å². The number of carbonyl (C=O) groups excluding carboxylic acids is 1. The van der Waals surface area contributed by atoms with Gasteiger partial charge in [-0.1, -0.05) is 19.4 Å². The fourth-order valence-electron chi connectivity index (χ4n) is 2.90. The number of nitrogen functional groups attached to an aromatic ring is 1. The molecule has 1 fully saturated rings. The van der Waals surface area contributed by atoms with Crippen LogP contribution in [0.4, 0.5) is 11.4 Å². The van der Waals surface area contributed by atoms with Gasteiger partial charge in [-0.3, -0.25) is 0 Å². The largest absolute Gasteiger partial charge is 0.462 e. The van der Waals surface area contributed by atoms with Gasteiger partial charge in [0.2, 0.25) is 0 Å². The van der Waals surface area contributed by atoms with E-state index in [2.05, 4.69) is 12.2 Å². The Morgan fingerprint density at radius 1 is 1.45 bits per heavy atom.